The molecule has 20 heteroatoms. The fourth-order valence-corrected chi connectivity index (χ4v) is 20.5. The summed E-state index contributed by atoms with van der Waals surface area (Å²) in [6, 6.07) is 3.53. The summed E-state index contributed by atoms with van der Waals surface area (Å²) in [4.78, 5) is 9.93. The van der Waals surface area contributed by atoms with Crippen LogP contribution in [-0.2, 0) is 53.1 Å². The van der Waals surface area contributed by atoms with Crippen molar-refractivity contribution in [2.24, 2.45) is 0 Å². The van der Waals surface area contributed by atoms with E-state index in [0.717, 1.165) is 336 Å². The number of hydrogen-bond acceptors (Lipinski definition) is 16. The van der Waals surface area contributed by atoms with Crippen molar-refractivity contribution in [2.45, 2.75) is 287 Å². The van der Waals surface area contributed by atoms with E-state index in [0.29, 0.717) is 0 Å². The van der Waals surface area contributed by atoms with Gasteiger partial charge in [-0.05, 0) is 115 Å². The van der Waals surface area contributed by atoms with Gasteiger partial charge in [-0.1, -0.05) is 172 Å². The zero-order valence-electron chi connectivity index (χ0n) is 59.8. The van der Waals surface area contributed by atoms with Crippen molar-refractivity contribution >= 4 is 35.2 Å². The summed E-state index contributed by atoms with van der Waals surface area (Å²) >= 11 is 0. The predicted octanol–water partition coefficient (Wildman–Crippen LogP) is 17.3. The summed E-state index contributed by atoms with van der Waals surface area (Å²) in [6.45, 7) is 43.1. The lowest BCUT2D eigenvalue weighted by Gasteiger charge is -2.35. The summed E-state index contributed by atoms with van der Waals surface area (Å²) in [5.41, 5.74) is 0. The highest BCUT2D eigenvalue weighted by Crippen LogP contribution is 2.26. The summed E-state index contributed by atoms with van der Waals surface area (Å²) in [5.74, 6) is 0. The maximum absolute atomic E-state index is 6.48. The Morgan fingerprint density at radius 1 is 0.239 bits per heavy atom. The molecule has 2 heterocycles. The lowest BCUT2D eigenvalue weighted by Crippen LogP contribution is -2.48. The topological polar surface area (TPSA) is 124 Å². The van der Waals surface area contributed by atoms with Gasteiger partial charge in [0.05, 0.1) is 13.3 Å². The fraction of sp³-hybridized carbons (Fsp3) is 0.941. The number of unbranched alkanes of at least 4 members (excludes halogenated alkanes) is 12. The summed E-state index contributed by atoms with van der Waals surface area (Å²) in [6.07, 6.45) is 39.2. The Labute approximate surface area is 548 Å². The molecule has 88 heavy (non-hydrogen) atoms. The molecule has 0 radical (unpaired) electrons. The number of nitrogens with zero attached hydrogens (tertiary/aromatic N) is 4. The van der Waals surface area contributed by atoms with Crippen LogP contribution in [0.4, 0.5) is 0 Å². The molecule has 524 valence electrons. The third kappa shape index (κ3) is 42.7. The largest absolute Gasteiger partial charge is 0.501 e. The highest BCUT2D eigenvalue weighted by molar-refractivity contribution is 6.61. The van der Waals surface area contributed by atoms with Crippen LogP contribution in [0.1, 0.15) is 263 Å². The standard InChI is InChI=1S/2C34H72N2O6Si2/c2*1-7-13-26-37-43(38-27-14-8-2,39-28-15-9-3)32-20-24-35-22-19-23-36(34-35)25-21-33-44(40-29-16-10-4,41-30-17-11-5)42-31-18-12-6/h2*19,22H,7-18,20-21,23-34H2,1-6H3. The lowest BCUT2D eigenvalue weighted by atomic mass is 10.3. The summed E-state index contributed by atoms with van der Waals surface area (Å²) < 4.78 is 77.8. The first-order valence-corrected chi connectivity index (χ1v) is 44.7. The van der Waals surface area contributed by atoms with E-state index in [1.165, 1.54) is 0 Å². The minimum Gasteiger partial charge on any atom is -0.373 e. The van der Waals surface area contributed by atoms with Crippen LogP contribution in [0.5, 0.6) is 0 Å². The van der Waals surface area contributed by atoms with Crippen LogP contribution in [0.25, 0.3) is 0 Å². The molecule has 16 nitrogen and oxygen atoms in total. The average Bonchev–Trinajstić information content (AvgIpc) is 3.73. The van der Waals surface area contributed by atoms with Gasteiger partial charge >= 0.3 is 35.2 Å². The van der Waals surface area contributed by atoms with E-state index in [-0.39, 0.29) is 0 Å². The molecule has 0 atom stereocenters. The molecule has 2 rings (SSSR count). The molecule has 0 aromatic heterocycles. The first kappa shape index (κ1) is 85.4. The van der Waals surface area contributed by atoms with Gasteiger partial charge in [0.1, 0.15) is 0 Å². The van der Waals surface area contributed by atoms with Crippen molar-refractivity contribution in [3.63, 3.8) is 0 Å². The Hall–Kier alpha value is -0.612. The molecule has 0 saturated heterocycles. The SMILES string of the molecule is CCCCO[Si](CCCN1C=CCN(CCC[Si](OCCCC)(OCCCC)OCCCC)C1)(OCCCC)OCCCC.CCCCO[Si](CCCN1C=CCN(CCC[Si](OCCCC)(OCCCC)OCCCC)C1)(OCCCC)OCCCC. The van der Waals surface area contributed by atoms with Crippen LogP contribution < -0.4 is 0 Å². The first-order valence-electron chi connectivity index (χ1n) is 37.0. The average molecular weight is 1320 g/mol. The second kappa shape index (κ2) is 58.9. The molecule has 0 fully saturated rings. The fourth-order valence-electron chi connectivity index (χ4n) is 9.89. The molecule has 0 bridgehead atoms. The lowest BCUT2D eigenvalue weighted by molar-refractivity contribution is 0.0530. The molecule has 0 spiro atoms. The van der Waals surface area contributed by atoms with Gasteiger partial charge < -0.3 is 62.9 Å². The van der Waals surface area contributed by atoms with E-state index in [4.69, 9.17) is 53.1 Å². The highest BCUT2D eigenvalue weighted by atomic mass is 28.4. The maximum atomic E-state index is 6.48. The van der Waals surface area contributed by atoms with E-state index >= 15 is 0 Å². The Bertz CT molecular complexity index is 1360. The van der Waals surface area contributed by atoms with Gasteiger partial charge in [-0.2, -0.15) is 0 Å². The highest BCUT2D eigenvalue weighted by Gasteiger charge is 2.44. The smallest absolute Gasteiger partial charge is 0.373 e. The van der Waals surface area contributed by atoms with Crippen LogP contribution in [0, 0.1) is 0 Å². The molecule has 0 aliphatic carbocycles. The van der Waals surface area contributed by atoms with E-state index in [9.17, 15) is 0 Å². The van der Waals surface area contributed by atoms with Crippen LogP contribution in [0.3, 0.4) is 0 Å². The zero-order valence-corrected chi connectivity index (χ0v) is 63.8. The molecule has 0 N–H and O–H groups in total. The molecule has 2 aliphatic heterocycles. The number of rotatable bonds is 64. The van der Waals surface area contributed by atoms with Crippen molar-refractivity contribution in [3.8, 4) is 0 Å². The zero-order chi connectivity index (χ0) is 64.4. The van der Waals surface area contributed by atoms with Gasteiger partial charge in [-0.3, -0.25) is 9.80 Å². The first-order chi connectivity index (χ1) is 43.0. The van der Waals surface area contributed by atoms with Gasteiger partial charge in [-0.15, -0.1) is 0 Å². The third-order valence-corrected chi connectivity index (χ3v) is 27.3. The van der Waals surface area contributed by atoms with E-state index in [1.807, 2.05) is 0 Å². The Kier molecular flexibility index (Phi) is 57.2. The van der Waals surface area contributed by atoms with E-state index in [1.54, 1.807) is 0 Å². The monoisotopic (exact) mass is 1320 g/mol. The van der Waals surface area contributed by atoms with E-state index in [2.05, 4.69) is 127 Å². The van der Waals surface area contributed by atoms with Crippen molar-refractivity contribution < 1.29 is 53.1 Å². The van der Waals surface area contributed by atoms with Crippen molar-refractivity contribution in [2.75, 3.05) is 132 Å². The van der Waals surface area contributed by atoms with E-state index < -0.39 is 35.2 Å². The quantitative estimate of drug-likeness (QED) is 0.0423. The van der Waals surface area contributed by atoms with Crippen molar-refractivity contribution in [3.05, 3.63) is 24.6 Å². The second-order valence-corrected chi connectivity index (χ2v) is 35.3. The normalized spacial score (nSPS) is 14.6. The minimum absolute atomic E-state index is 0.732. The predicted molar refractivity (Wildman–Crippen MR) is 376 cm³/mol. The number of hydrogen-bond donors (Lipinski definition) is 0. The van der Waals surface area contributed by atoms with Crippen LogP contribution in [0.15, 0.2) is 24.6 Å². The molecule has 2 aliphatic rings. The van der Waals surface area contributed by atoms with Crippen LogP contribution in [0.2, 0.25) is 24.2 Å². The Balaban J connectivity index is 0.000000880. The van der Waals surface area contributed by atoms with Crippen molar-refractivity contribution in [1.29, 1.82) is 0 Å². The van der Waals surface area contributed by atoms with Gasteiger partial charge in [-0.25, -0.2) is 0 Å². The summed E-state index contributed by atoms with van der Waals surface area (Å²) in [5, 5.41) is 0. The molecule has 0 aromatic rings. The minimum atomic E-state index is -2.69. The van der Waals surface area contributed by atoms with Crippen LogP contribution in [-0.4, -0.2) is 187 Å². The van der Waals surface area contributed by atoms with Gasteiger partial charge in [0.2, 0.25) is 0 Å². The third-order valence-electron chi connectivity index (χ3n) is 15.7. The van der Waals surface area contributed by atoms with Gasteiger partial charge in [0.15, 0.2) is 0 Å². The Morgan fingerprint density at radius 2 is 0.409 bits per heavy atom. The Morgan fingerprint density at radius 3 is 0.580 bits per heavy atom. The van der Waals surface area contributed by atoms with Gasteiger partial charge in [0, 0.05) is 143 Å². The van der Waals surface area contributed by atoms with Crippen LogP contribution >= 0.6 is 0 Å². The maximum Gasteiger partial charge on any atom is 0.501 e. The molecular formula is C68H144N4O12Si4. The second-order valence-electron chi connectivity index (χ2n) is 24.4. The van der Waals surface area contributed by atoms with Crippen molar-refractivity contribution in [1.82, 2.24) is 19.6 Å². The van der Waals surface area contributed by atoms with Gasteiger partial charge in [0.25, 0.3) is 0 Å². The molecule has 0 unspecified atom stereocenters. The molecule has 0 aromatic carbocycles. The molecular weight excluding hydrogens is 1180 g/mol. The summed E-state index contributed by atoms with van der Waals surface area (Å²) in [7, 11) is -10.8. The molecule has 0 amide bonds. The molecule has 0 saturated carbocycles.